The first kappa shape index (κ1) is 15.4. The van der Waals surface area contributed by atoms with Crippen LogP contribution in [0.5, 0.6) is 0 Å². The van der Waals surface area contributed by atoms with E-state index in [0.717, 1.165) is 0 Å². The first-order valence-electron chi connectivity index (χ1n) is 5.71. The molecule has 0 radical (unpaired) electrons. The smallest absolute Gasteiger partial charge is 0.315 e. The molecule has 0 aromatic rings. The Morgan fingerprint density at radius 2 is 1.81 bits per heavy atom. The second-order valence-corrected chi connectivity index (χ2v) is 5.10. The van der Waals surface area contributed by atoms with Gasteiger partial charge in [0.1, 0.15) is 0 Å². The topological polar surface area (TPSA) is 61.5 Å². The molecular weight excluding hydrogens is 206 g/mol. The molecule has 16 heavy (non-hydrogen) atoms. The summed E-state index contributed by atoms with van der Waals surface area (Å²) >= 11 is 0. The van der Waals surface area contributed by atoms with Crippen LogP contribution in [0.1, 0.15) is 41.5 Å². The van der Waals surface area contributed by atoms with Crippen LogP contribution >= 0.6 is 0 Å². The number of ether oxygens (including phenoxy) is 2. The van der Waals surface area contributed by atoms with Crippen molar-refractivity contribution < 1.29 is 14.3 Å². The van der Waals surface area contributed by atoms with E-state index in [4.69, 9.17) is 15.2 Å². The Morgan fingerprint density at radius 3 is 2.19 bits per heavy atom. The average Bonchev–Trinajstić information content (AvgIpc) is 2.17. The molecule has 4 heteroatoms. The van der Waals surface area contributed by atoms with E-state index in [9.17, 15) is 4.79 Å². The largest absolute Gasteiger partial charge is 0.438 e. The molecule has 0 saturated heterocycles. The van der Waals surface area contributed by atoms with Crippen molar-refractivity contribution >= 4 is 5.97 Å². The minimum absolute atomic E-state index is 0.00701. The Kier molecular flexibility index (Phi) is 5.42. The van der Waals surface area contributed by atoms with Crippen LogP contribution in [0, 0.1) is 11.3 Å². The highest BCUT2D eigenvalue weighted by Gasteiger charge is 2.46. The number of hydrogen-bond acceptors (Lipinski definition) is 4. The van der Waals surface area contributed by atoms with Gasteiger partial charge in [-0.2, -0.15) is 0 Å². The SMILES string of the molecule is CCOCOC(=O)C(C)(C)C(C)(N)C(C)C. The summed E-state index contributed by atoms with van der Waals surface area (Å²) in [4.78, 5) is 11.9. The standard InChI is InChI=1S/C12H25NO3/c1-7-15-8-16-10(14)11(4,5)12(6,13)9(2)3/h9H,7-8,13H2,1-6H3. The lowest BCUT2D eigenvalue weighted by Gasteiger charge is -2.42. The Balaban J connectivity index is 4.58. The summed E-state index contributed by atoms with van der Waals surface area (Å²) in [6, 6.07) is 0. The lowest BCUT2D eigenvalue weighted by molar-refractivity contribution is -0.171. The number of esters is 1. The third-order valence-electron chi connectivity index (χ3n) is 3.53. The van der Waals surface area contributed by atoms with Crippen LogP contribution in [-0.2, 0) is 14.3 Å². The van der Waals surface area contributed by atoms with E-state index in [1.807, 2.05) is 27.7 Å². The molecule has 0 saturated carbocycles. The number of hydrogen-bond donors (Lipinski definition) is 1. The van der Waals surface area contributed by atoms with Crippen molar-refractivity contribution in [2.45, 2.75) is 47.1 Å². The maximum Gasteiger partial charge on any atom is 0.315 e. The Morgan fingerprint density at radius 1 is 1.31 bits per heavy atom. The minimum atomic E-state index is -0.738. The molecule has 96 valence electrons. The van der Waals surface area contributed by atoms with Crippen molar-refractivity contribution in [1.82, 2.24) is 0 Å². The normalized spacial score (nSPS) is 16.0. The van der Waals surface area contributed by atoms with Crippen LogP contribution in [0.2, 0.25) is 0 Å². The van der Waals surface area contributed by atoms with Gasteiger partial charge in [-0.05, 0) is 33.6 Å². The van der Waals surface area contributed by atoms with Crippen molar-refractivity contribution in [3.05, 3.63) is 0 Å². The van der Waals surface area contributed by atoms with Crippen molar-refractivity contribution in [2.75, 3.05) is 13.4 Å². The second kappa shape index (κ2) is 5.64. The molecule has 4 nitrogen and oxygen atoms in total. The molecule has 0 fully saturated rings. The van der Waals surface area contributed by atoms with Crippen molar-refractivity contribution in [3.63, 3.8) is 0 Å². The maximum atomic E-state index is 11.9. The van der Waals surface area contributed by atoms with Gasteiger partial charge >= 0.3 is 5.97 Å². The number of nitrogens with two attached hydrogens (primary N) is 1. The Hall–Kier alpha value is -0.610. The van der Waals surface area contributed by atoms with Gasteiger partial charge in [0.2, 0.25) is 0 Å². The van der Waals surface area contributed by atoms with Gasteiger partial charge in [-0.15, -0.1) is 0 Å². The lowest BCUT2D eigenvalue weighted by atomic mass is 9.68. The molecule has 0 aliphatic carbocycles. The van der Waals surface area contributed by atoms with Gasteiger partial charge in [-0.25, -0.2) is 0 Å². The third-order valence-corrected chi connectivity index (χ3v) is 3.53. The van der Waals surface area contributed by atoms with Gasteiger partial charge in [0.15, 0.2) is 6.79 Å². The van der Waals surface area contributed by atoms with Crippen molar-refractivity contribution in [1.29, 1.82) is 0 Å². The van der Waals surface area contributed by atoms with E-state index >= 15 is 0 Å². The molecule has 0 rings (SSSR count). The third kappa shape index (κ3) is 3.19. The van der Waals surface area contributed by atoms with Crippen LogP contribution in [0.15, 0.2) is 0 Å². The average molecular weight is 231 g/mol. The zero-order valence-corrected chi connectivity index (χ0v) is 11.3. The fourth-order valence-electron chi connectivity index (χ4n) is 1.30. The van der Waals surface area contributed by atoms with Gasteiger partial charge in [0, 0.05) is 12.1 Å². The molecule has 0 aliphatic heterocycles. The van der Waals surface area contributed by atoms with E-state index in [1.165, 1.54) is 0 Å². The van der Waals surface area contributed by atoms with Crippen LogP contribution in [0.3, 0.4) is 0 Å². The fraction of sp³-hybridized carbons (Fsp3) is 0.917. The van der Waals surface area contributed by atoms with Gasteiger partial charge < -0.3 is 15.2 Å². The highest BCUT2D eigenvalue weighted by molar-refractivity contribution is 5.77. The summed E-state index contributed by atoms with van der Waals surface area (Å²) in [5.41, 5.74) is 4.85. The zero-order valence-electron chi connectivity index (χ0n) is 11.3. The summed E-state index contributed by atoms with van der Waals surface area (Å²) in [7, 11) is 0. The molecule has 0 spiro atoms. The molecule has 0 aromatic heterocycles. The highest BCUT2D eigenvalue weighted by atomic mass is 16.7. The van der Waals surface area contributed by atoms with Gasteiger partial charge in [0.05, 0.1) is 5.41 Å². The van der Waals surface area contributed by atoms with Crippen LogP contribution in [0.4, 0.5) is 0 Å². The van der Waals surface area contributed by atoms with Crippen LogP contribution in [0.25, 0.3) is 0 Å². The molecule has 0 heterocycles. The predicted molar refractivity (Wildman–Crippen MR) is 63.8 cm³/mol. The van der Waals surface area contributed by atoms with E-state index in [1.54, 1.807) is 13.8 Å². The second-order valence-electron chi connectivity index (χ2n) is 5.10. The zero-order chi connectivity index (χ0) is 13.0. The first-order valence-corrected chi connectivity index (χ1v) is 5.71. The molecular formula is C12H25NO3. The van der Waals surface area contributed by atoms with E-state index < -0.39 is 11.0 Å². The molecule has 0 aromatic carbocycles. The first-order chi connectivity index (χ1) is 7.17. The van der Waals surface area contributed by atoms with Crippen LogP contribution in [-0.4, -0.2) is 24.9 Å². The molecule has 1 unspecified atom stereocenters. The summed E-state index contributed by atoms with van der Waals surface area (Å²) in [6.07, 6.45) is 0. The van der Waals surface area contributed by atoms with Crippen LogP contribution < -0.4 is 5.73 Å². The molecule has 0 bridgehead atoms. The van der Waals surface area contributed by atoms with E-state index in [-0.39, 0.29) is 18.7 Å². The Labute approximate surface area is 98.5 Å². The van der Waals surface area contributed by atoms with Crippen molar-refractivity contribution in [3.8, 4) is 0 Å². The monoisotopic (exact) mass is 231 g/mol. The lowest BCUT2D eigenvalue weighted by Crippen LogP contribution is -2.58. The number of rotatable bonds is 6. The maximum absolute atomic E-state index is 11.9. The fourth-order valence-corrected chi connectivity index (χ4v) is 1.30. The molecule has 0 aliphatic rings. The van der Waals surface area contributed by atoms with E-state index in [0.29, 0.717) is 6.61 Å². The van der Waals surface area contributed by atoms with Crippen molar-refractivity contribution in [2.24, 2.45) is 17.1 Å². The molecule has 2 N–H and O–H groups in total. The predicted octanol–water partition coefficient (Wildman–Crippen LogP) is 1.92. The summed E-state index contributed by atoms with van der Waals surface area (Å²) < 4.78 is 10.0. The van der Waals surface area contributed by atoms with E-state index in [2.05, 4.69) is 0 Å². The summed E-state index contributed by atoms with van der Waals surface area (Å²) in [6.45, 7) is 11.8. The summed E-state index contributed by atoms with van der Waals surface area (Å²) in [5, 5.41) is 0. The molecule has 1 atom stereocenters. The Bertz CT molecular complexity index is 234. The quantitative estimate of drug-likeness (QED) is 0.431. The highest BCUT2D eigenvalue weighted by Crippen LogP contribution is 2.35. The van der Waals surface area contributed by atoms with Gasteiger partial charge in [-0.1, -0.05) is 13.8 Å². The summed E-state index contributed by atoms with van der Waals surface area (Å²) in [5.74, 6) is -0.137. The van der Waals surface area contributed by atoms with Gasteiger partial charge in [0.25, 0.3) is 0 Å². The number of carbonyl (C=O) groups is 1. The minimum Gasteiger partial charge on any atom is -0.438 e. The molecule has 0 amide bonds. The van der Waals surface area contributed by atoms with Gasteiger partial charge in [-0.3, -0.25) is 4.79 Å². The number of carbonyl (C=O) groups excluding carboxylic acids is 1.